The number of nitrogens with zero attached hydrogens (tertiary/aromatic N) is 1. The SMILES string of the molecule is NC(CC(=O)N1CCCC1)c1cccc(Br)c1. The summed E-state index contributed by atoms with van der Waals surface area (Å²) in [7, 11) is 0. The highest BCUT2D eigenvalue weighted by Gasteiger charge is 2.20. The monoisotopic (exact) mass is 296 g/mol. The van der Waals surface area contributed by atoms with Crippen molar-refractivity contribution in [1.29, 1.82) is 0 Å². The minimum Gasteiger partial charge on any atom is -0.343 e. The van der Waals surface area contributed by atoms with Crippen LogP contribution in [0.2, 0.25) is 0 Å². The summed E-state index contributed by atoms with van der Waals surface area (Å²) in [5, 5.41) is 0. The van der Waals surface area contributed by atoms with E-state index >= 15 is 0 Å². The van der Waals surface area contributed by atoms with Crippen molar-refractivity contribution in [3.8, 4) is 0 Å². The van der Waals surface area contributed by atoms with Crippen LogP contribution < -0.4 is 5.73 Å². The van der Waals surface area contributed by atoms with Gasteiger partial charge in [-0.25, -0.2) is 0 Å². The zero-order chi connectivity index (χ0) is 12.3. The van der Waals surface area contributed by atoms with Crippen molar-refractivity contribution in [2.24, 2.45) is 5.73 Å². The number of amides is 1. The third-order valence-electron chi connectivity index (χ3n) is 3.13. The van der Waals surface area contributed by atoms with Gasteiger partial charge in [-0.15, -0.1) is 0 Å². The second-order valence-corrected chi connectivity index (χ2v) is 5.37. The number of hydrogen-bond acceptors (Lipinski definition) is 2. The Morgan fingerprint density at radius 2 is 2.12 bits per heavy atom. The molecule has 1 amide bonds. The molecule has 1 aliphatic heterocycles. The average Bonchev–Trinajstić information content (AvgIpc) is 2.82. The molecule has 92 valence electrons. The van der Waals surface area contributed by atoms with E-state index in [1.54, 1.807) is 0 Å². The van der Waals surface area contributed by atoms with Gasteiger partial charge in [-0.3, -0.25) is 4.79 Å². The molecule has 0 saturated carbocycles. The summed E-state index contributed by atoms with van der Waals surface area (Å²) in [6.07, 6.45) is 2.65. The van der Waals surface area contributed by atoms with Gasteiger partial charge >= 0.3 is 0 Å². The Hall–Kier alpha value is -0.870. The van der Waals surface area contributed by atoms with Gasteiger partial charge in [0.15, 0.2) is 0 Å². The van der Waals surface area contributed by atoms with E-state index in [2.05, 4.69) is 15.9 Å². The lowest BCUT2D eigenvalue weighted by molar-refractivity contribution is -0.130. The van der Waals surface area contributed by atoms with Gasteiger partial charge in [0.25, 0.3) is 0 Å². The van der Waals surface area contributed by atoms with Crippen LogP contribution in [-0.2, 0) is 4.79 Å². The smallest absolute Gasteiger partial charge is 0.224 e. The topological polar surface area (TPSA) is 46.3 Å². The van der Waals surface area contributed by atoms with Crippen molar-refractivity contribution in [2.45, 2.75) is 25.3 Å². The Labute approximate surface area is 110 Å². The quantitative estimate of drug-likeness (QED) is 0.931. The zero-order valence-corrected chi connectivity index (χ0v) is 11.3. The van der Waals surface area contributed by atoms with Crippen LogP contribution in [0.5, 0.6) is 0 Å². The fourth-order valence-electron chi connectivity index (χ4n) is 2.14. The maximum atomic E-state index is 11.9. The molecule has 1 aromatic carbocycles. The van der Waals surface area contributed by atoms with Gasteiger partial charge in [0.2, 0.25) is 5.91 Å². The van der Waals surface area contributed by atoms with Gasteiger partial charge in [-0.05, 0) is 30.5 Å². The van der Waals surface area contributed by atoms with Gasteiger partial charge < -0.3 is 10.6 Å². The van der Waals surface area contributed by atoms with Crippen LogP contribution in [0.3, 0.4) is 0 Å². The largest absolute Gasteiger partial charge is 0.343 e. The molecular weight excluding hydrogens is 280 g/mol. The minimum absolute atomic E-state index is 0.176. The number of halogens is 1. The standard InChI is InChI=1S/C13H17BrN2O/c14-11-5-3-4-10(8-11)12(15)9-13(17)16-6-1-2-7-16/h3-5,8,12H,1-2,6-7,9,15H2. The highest BCUT2D eigenvalue weighted by molar-refractivity contribution is 9.10. The van der Waals surface area contributed by atoms with Gasteiger partial charge in [-0.1, -0.05) is 28.1 Å². The fourth-order valence-corrected chi connectivity index (χ4v) is 2.56. The predicted octanol–water partition coefficient (Wildman–Crippen LogP) is 2.46. The maximum absolute atomic E-state index is 11.9. The lowest BCUT2D eigenvalue weighted by Gasteiger charge is -2.18. The molecule has 1 heterocycles. The van der Waals surface area contributed by atoms with Crippen molar-refractivity contribution in [1.82, 2.24) is 4.90 Å². The first-order valence-electron chi connectivity index (χ1n) is 5.95. The fraction of sp³-hybridized carbons (Fsp3) is 0.462. The average molecular weight is 297 g/mol. The number of likely N-dealkylation sites (tertiary alicyclic amines) is 1. The third-order valence-corrected chi connectivity index (χ3v) is 3.62. The Balaban J connectivity index is 1.96. The second-order valence-electron chi connectivity index (χ2n) is 4.45. The zero-order valence-electron chi connectivity index (χ0n) is 9.73. The highest BCUT2D eigenvalue weighted by atomic mass is 79.9. The van der Waals surface area contributed by atoms with Gasteiger partial charge in [0, 0.05) is 30.0 Å². The molecular formula is C13H17BrN2O. The van der Waals surface area contributed by atoms with Crippen molar-refractivity contribution in [3.05, 3.63) is 34.3 Å². The van der Waals surface area contributed by atoms with Crippen molar-refractivity contribution in [3.63, 3.8) is 0 Å². The van der Waals surface area contributed by atoms with Crippen LogP contribution in [0, 0.1) is 0 Å². The molecule has 0 bridgehead atoms. The van der Waals surface area contributed by atoms with E-state index in [4.69, 9.17) is 5.73 Å². The molecule has 1 aliphatic rings. The third kappa shape index (κ3) is 3.30. The van der Waals surface area contributed by atoms with E-state index in [0.717, 1.165) is 36.0 Å². The molecule has 4 heteroatoms. The number of nitrogens with two attached hydrogens (primary N) is 1. The van der Waals surface area contributed by atoms with E-state index in [0.29, 0.717) is 6.42 Å². The summed E-state index contributed by atoms with van der Waals surface area (Å²) in [5.41, 5.74) is 7.07. The molecule has 1 unspecified atom stereocenters. The molecule has 0 aliphatic carbocycles. The molecule has 1 fully saturated rings. The van der Waals surface area contributed by atoms with Gasteiger partial charge in [0.1, 0.15) is 0 Å². The van der Waals surface area contributed by atoms with Crippen LogP contribution in [0.1, 0.15) is 30.9 Å². The van der Waals surface area contributed by atoms with E-state index in [1.807, 2.05) is 29.2 Å². The molecule has 0 aromatic heterocycles. The van der Waals surface area contributed by atoms with Crippen LogP contribution in [0.25, 0.3) is 0 Å². The first kappa shape index (κ1) is 12.6. The van der Waals surface area contributed by atoms with Gasteiger partial charge in [-0.2, -0.15) is 0 Å². The minimum atomic E-state index is -0.208. The molecule has 1 saturated heterocycles. The van der Waals surface area contributed by atoms with Crippen LogP contribution in [0.15, 0.2) is 28.7 Å². The second kappa shape index (κ2) is 5.65. The lowest BCUT2D eigenvalue weighted by Crippen LogP contribution is -2.30. The number of carbonyl (C=O) groups excluding carboxylic acids is 1. The molecule has 0 radical (unpaired) electrons. The van der Waals surface area contributed by atoms with Crippen LogP contribution in [-0.4, -0.2) is 23.9 Å². The molecule has 2 rings (SSSR count). The van der Waals surface area contributed by atoms with E-state index in [1.165, 1.54) is 0 Å². The summed E-state index contributed by atoms with van der Waals surface area (Å²) >= 11 is 3.41. The van der Waals surface area contributed by atoms with Crippen molar-refractivity contribution in [2.75, 3.05) is 13.1 Å². The normalized spacial score (nSPS) is 17.2. The van der Waals surface area contributed by atoms with Crippen LogP contribution >= 0.6 is 15.9 Å². The van der Waals surface area contributed by atoms with Crippen molar-refractivity contribution < 1.29 is 4.79 Å². The molecule has 1 aromatic rings. The predicted molar refractivity (Wildman–Crippen MR) is 71.5 cm³/mol. The van der Waals surface area contributed by atoms with E-state index in [-0.39, 0.29) is 11.9 Å². The summed E-state index contributed by atoms with van der Waals surface area (Å²) in [4.78, 5) is 13.9. The molecule has 3 nitrogen and oxygen atoms in total. The number of carbonyl (C=O) groups is 1. The molecule has 17 heavy (non-hydrogen) atoms. The number of hydrogen-bond donors (Lipinski definition) is 1. The Morgan fingerprint density at radius 3 is 2.76 bits per heavy atom. The molecule has 2 N–H and O–H groups in total. The van der Waals surface area contributed by atoms with E-state index in [9.17, 15) is 4.79 Å². The highest BCUT2D eigenvalue weighted by Crippen LogP contribution is 2.20. The van der Waals surface area contributed by atoms with Gasteiger partial charge in [0.05, 0.1) is 0 Å². The lowest BCUT2D eigenvalue weighted by atomic mass is 10.0. The number of benzene rings is 1. The summed E-state index contributed by atoms with van der Waals surface area (Å²) < 4.78 is 0.999. The molecule has 1 atom stereocenters. The first-order chi connectivity index (χ1) is 8.16. The van der Waals surface area contributed by atoms with E-state index < -0.39 is 0 Å². The van der Waals surface area contributed by atoms with Crippen LogP contribution in [0.4, 0.5) is 0 Å². The summed E-state index contributed by atoms with van der Waals surface area (Å²) in [5.74, 6) is 0.176. The number of rotatable bonds is 3. The first-order valence-corrected chi connectivity index (χ1v) is 6.75. The Bertz CT molecular complexity index is 402. The maximum Gasteiger partial charge on any atom is 0.224 e. The summed E-state index contributed by atoms with van der Waals surface area (Å²) in [6.45, 7) is 1.79. The van der Waals surface area contributed by atoms with Crippen molar-refractivity contribution >= 4 is 21.8 Å². The Morgan fingerprint density at radius 1 is 1.41 bits per heavy atom. The molecule has 0 spiro atoms. The summed E-state index contributed by atoms with van der Waals surface area (Å²) in [6, 6.07) is 7.63. The Kier molecular flexibility index (Phi) is 4.18.